The van der Waals surface area contributed by atoms with Crippen LogP contribution < -0.4 is 0 Å². The molecule has 0 bridgehead atoms. The molecular weight excluding hydrogens is 255 g/mol. The number of hydrogen-bond acceptors (Lipinski definition) is 2. The summed E-state index contributed by atoms with van der Waals surface area (Å²) in [7, 11) is 2.02. The Morgan fingerprint density at radius 3 is 2.83 bits per heavy atom. The van der Waals surface area contributed by atoms with Gasteiger partial charge in [0.25, 0.3) is 5.91 Å². The van der Waals surface area contributed by atoms with Crippen molar-refractivity contribution in [3.05, 3.63) is 34.6 Å². The van der Waals surface area contributed by atoms with E-state index >= 15 is 0 Å². The van der Waals surface area contributed by atoms with Crippen LogP contribution in [0.3, 0.4) is 0 Å². The number of hydrogen-bond donors (Lipinski definition) is 0. The number of amides is 1. The standard InChI is InChI=1S/C13H16ClFN2O/c1-9-8-17(6-5-16(9)2)13(18)11-7-10(14)3-4-12(11)15/h3-4,7,9H,5-6,8H2,1-2H3. The van der Waals surface area contributed by atoms with Gasteiger partial charge in [-0.2, -0.15) is 0 Å². The first-order valence-corrected chi connectivity index (χ1v) is 6.31. The Morgan fingerprint density at radius 2 is 2.17 bits per heavy atom. The molecule has 0 aromatic heterocycles. The normalized spacial score (nSPS) is 21.1. The number of carbonyl (C=O) groups is 1. The lowest BCUT2D eigenvalue weighted by atomic mass is 10.1. The SMILES string of the molecule is CC1CN(C(=O)c2cc(Cl)ccc2F)CCN1C. The number of rotatable bonds is 1. The molecule has 2 rings (SSSR count). The summed E-state index contributed by atoms with van der Waals surface area (Å²) in [6, 6.07) is 4.35. The largest absolute Gasteiger partial charge is 0.336 e. The minimum Gasteiger partial charge on any atom is -0.336 e. The topological polar surface area (TPSA) is 23.6 Å². The van der Waals surface area contributed by atoms with Crippen molar-refractivity contribution < 1.29 is 9.18 Å². The summed E-state index contributed by atoms with van der Waals surface area (Å²) in [5.41, 5.74) is 0.0549. The van der Waals surface area contributed by atoms with E-state index in [1.807, 2.05) is 14.0 Å². The quantitative estimate of drug-likeness (QED) is 0.782. The molecule has 0 N–H and O–H groups in total. The van der Waals surface area contributed by atoms with Crippen molar-refractivity contribution >= 4 is 17.5 Å². The van der Waals surface area contributed by atoms with Crippen LogP contribution in [0.15, 0.2) is 18.2 Å². The highest BCUT2D eigenvalue weighted by Crippen LogP contribution is 2.18. The van der Waals surface area contributed by atoms with Crippen molar-refractivity contribution in [2.24, 2.45) is 0 Å². The smallest absolute Gasteiger partial charge is 0.256 e. The molecule has 98 valence electrons. The molecule has 18 heavy (non-hydrogen) atoms. The van der Waals surface area contributed by atoms with E-state index in [4.69, 9.17) is 11.6 Å². The van der Waals surface area contributed by atoms with Crippen LogP contribution in [0.25, 0.3) is 0 Å². The van der Waals surface area contributed by atoms with Gasteiger partial charge in [0, 0.05) is 30.7 Å². The van der Waals surface area contributed by atoms with Crippen molar-refractivity contribution in [2.45, 2.75) is 13.0 Å². The lowest BCUT2D eigenvalue weighted by Gasteiger charge is -2.37. The van der Waals surface area contributed by atoms with E-state index in [0.29, 0.717) is 18.1 Å². The van der Waals surface area contributed by atoms with Crippen LogP contribution in [0, 0.1) is 5.82 Å². The molecule has 0 spiro atoms. The molecule has 3 nitrogen and oxygen atoms in total. The van der Waals surface area contributed by atoms with Gasteiger partial charge in [0.2, 0.25) is 0 Å². The van der Waals surface area contributed by atoms with Crippen molar-refractivity contribution in [3.8, 4) is 0 Å². The molecule has 1 aliphatic rings. The highest BCUT2D eigenvalue weighted by Gasteiger charge is 2.26. The zero-order valence-electron chi connectivity index (χ0n) is 10.5. The predicted octanol–water partition coefficient (Wildman–Crippen LogP) is 2.26. The first kappa shape index (κ1) is 13.3. The first-order chi connectivity index (χ1) is 8.49. The Kier molecular flexibility index (Phi) is 3.88. The fourth-order valence-corrected chi connectivity index (χ4v) is 2.24. The third kappa shape index (κ3) is 2.65. The summed E-state index contributed by atoms with van der Waals surface area (Å²) in [6.45, 7) is 4.08. The molecule has 0 aliphatic carbocycles. The monoisotopic (exact) mass is 270 g/mol. The molecule has 0 radical (unpaired) electrons. The summed E-state index contributed by atoms with van der Waals surface area (Å²) in [4.78, 5) is 16.1. The fourth-order valence-electron chi connectivity index (χ4n) is 2.06. The number of benzene rings is 1. The lowest BCUT2D eigenvalue weighted by molar-refractivity contribution is 0.0568. The molecule has 1 aromatic rings. The van der Waals surface area contributed by atoms with E-state index in [0.717, 1.165) is 6.54 Å². The molecule has 1 aliphatic heterocycles. The van der Waals surface area contributed by atoms with Gasteiger partial charge < -0.3 is 9.80 Å². The van der Waals surface area contributed by atoms with Crippen LogP contribution in [0.5, 0.6) is 0 Å². The van der Waals surface area contributed by atoms with Crippen molar-refractivity contribution in [1.82, 2.24) is 9.80 Å². The second-order valence-corrected chi connectivity index (χ2v) is 5.14. The van der Waals surface area contributed by atoms with E-state index in [1.54, 1.807) is 4.90 Å². The van der Waals surface area contributed by atoms with Gasteiger partial charge in [0.05, 0.1) is 5.56 Å². The Bertz CT molecular complexity index is 466. The average molecular weight is 271 g/mol. The number of nitrogens with zero attached hydrogens (tertiary/aromatic N) is 2. The average Bonchev–Trinajstić information content (AvgIpc) is 2.35. The van der Waals surface area contributed by atoms with E-state index in [1.165, 1.54) is 18.2 Å². The summed E-state index contributed by atoms with van der Waals surface area (Å²) in [6.07, 6.45) is 0. The van der Waals surface area contributed by atoms with Crippen LogP contribution in [-0.2, 0) is 0 Å². The molecule has 1 atom stereocenters. The summed E-state index contributed by atoms with van der Waals surface area (Å²) in [5.74, 6) is -0.800. The third-order valence-electron chi connectivity index (χ3n) is 3.41. The molecule has 0 saturated carbocycles. The van der Waals surface area contributed by atoms with Crippen molar-refractivity contribution in [3.63, 3.8) is 0 Å². The van der Waals surface area contributed by atoms with E-state index in [2.05, 4.69) is 4.90 Å². The van der Waals surface area contributed by atoms with Crippen LogP contribution >= 0.6 is 11.6 Å². The fraction of sp³-hybridized carbons (Fsp3) is 0.462. The van der Waals surface area contributed by atoms with Crippen molar-refractivity contribution in [1.29, 1.82) is 0 Å². The van der Waals surface area contributed by atoms with Crippen molar-refractivity contribution in [2.75, 3.05) is 26.7 Å². The minimum absolute atomic E-state index is 0.0549. The molecule has 1 aromatic carbocycles. The minimum atomic E-state index is -0.518. The molecule has 5 heteroatoms. The maximum absolute atomic E-state index is 13.6. The molecule has 1 saturated heterocycles. The Balaban J connectivity index is 2.19. The van der Waals surface area contributed by atoms with Gasteiger partial charge in [-0.05, 0) is 32.2 Å². The van der Waals surface area contributed by atoms with Crippen LogP contribution in [-0.4, -0.2) is 48.4 Å². The van der Waals surface area contributed by atoms with Crippen LogP contribution in [0.1, 0.15) is 17.3 Å². The molecule has 1 fully saturated rings. The Morgan fingerprint density at radius 1 is 1.44 bits per heavy atom. The van der Waals surface area contributed by atoms with E-state index < -0.39 is 5.82 Å². The van der Waals surface area contributed by atoms with Gasteiger partial charge in [0.1, 0.15) is 5.82 Å². The molecule has 1 heterocycles. The molecule has 1 amide bonds. The molecular formula is C13H16ClFN2O. The predicted molar refractivity (Wildman–Crippen MR) is 69.4 cm³/mol. The number of carbonyl (C=O) groups excluding carboxylic acids is 1. The summed E-state index contributed by atoms with van der Waals surface area (Å²) in [5, 5.41) is 0.377. The summed E-state index contributed by atoms with van der Waals surface area (Å²) < 4.78 is 13.6. The Labute approximate surface area is 111 Å². The second kappa shape index (κ2) is 5.24. The number of halogens is 2. The van der Waals surface area contributed by atoms with Crippen LogP contribution in [0.4, 0.5) is 4.39 Å². The Hall–Kier alpha value is -1.13. The maximum Gasteiger partial charge on any atom is 0.256 e. The van der Waals surface area contributed by atoms with Gasteiger partial charge in [-0.15, -0.1) is 0 Å². The zero-order valence-corrected chi connectivity index (χ0v) is 11.2. The highest BCUT2D eigenvalue weighted by molar-refractivity contribution is 6.31. The maximum atomic E-state index is 13.6. The van der Waals surface area contributed by atoms with Gasteiger partial charge in [-0.1, -0.05) is 11.6 Å². The van der Waals surface area contributed by atoms with Gasteiger partial charge in [0.15, 0.2) is 0 Å². The summed E-state index contributed by atoms with van der Waals surface area (Å²) >= 11 is 5.81. The van der Waals surface area contributed by atoms with E-state index in [9.17, 15) is 9.18 Å². The number of piperazine rings is 1. The van der Waals surface area contributed by atoms with Gasteiger partial charge in [-0.3, -0.25) is 4.79 Å². The molecule has 1 unspecified atom stereocenters. The zero-order chi connectivity index (χ0) is 13.3. The van der Waals surface area contributed by atoms with Gasteiger partial charge >= 0.3 is 0 Å². The van der Waals surface area contributed by atoms with Gasteiger partial charge in [-0.25, -0.2) is 4.39 Å². The van der Waals surface area contributed by atoms with Crippen LogP contribution in [0.2, 0.25) is 5.02 Å². The lowest BCUT2D eigenvalue weighted by Crippen LogP contribution is -2.52. The first-order valence-electron chi connectivity index (χ1n) is 5.93. The third-order valence-corrected chi connectivity index (χ3v) is 3.64. The van der Waals surface area contributed by atoms with E-state index in [-0.39, 0.29) is 17.5 Å². The number of likely N-dealkylation sites (N-methyl/N-ethyl adjacent to an activating group) is 1. The highest BCUT2D eigenvalue weighted by atomic mass is 35.5. The second-order valence-electron chi connectivity index (χ2n) is 4.70.